The number of aryl methyl sites for hydroxylation is 3. The highest BCUT2D eigenvalue weighted by molar-refractivity contribution is 7.92. The highest BCUT2D eigenvalue weighted by Crippen LogP contribution is 2.28. The lowest BCUT2D eigenvalue weighted by Gasteiger charge is -2.33. The van der Waals surface area contributed by atoms with Crippen molar-refractivity contribution in [2.75, 3.05) is 17.9 Å². The molecule has 0 fully saturated rings. The van der Waals surface area contributed by atoms with Crippen LogP contribution in [0.2, 0.25) is 0 Å². The van der Waals surface area contributed by atoms with Crippen molar-refractivity contribution in [1.82, 2.24) is 10.2 Å². The molecule has 0 heterocycles. The summed E-state index contributed by atoms with van der Waals surface area (Å²) in [4.78, 5) is 28.5. The molecule has 3 aromatic rings. The van der Waals surface area contributed by atoms with Crippen LogP contribution in [-0.2, 0) is 32.6 Å². The van der Waals surface area contributed by atoms with E-state index in [9.17, 15) is 18.0 Å². The van der Waals surface area contributed by atoms with Gasteiger partial charge in [-0.05, 0) is 61.6 Å². The van der Waals surface area contributed by atoms with Gasteiger partial charge in [-0.3, -0.25) is 13.9 Å². The molecule has 0 radical (unpaired) electrons. The number of amides is 2. The van der Waals surface area contributed by atoms with Crippen LogP contribution in [0.1, 0.15) is 42.5 Å². The molecule has 1 atom stereocenters. The maximum Gasteiger partial charge on any atom is 0.264 e. The Morgan fingerprint density at radius 2 is 1.47 bits per heavy atom. The third-order valence-electron chi connectivity index (χ3n) is 6.76. The Hall–Kier alpha value is -3.65. The molecule has 0 aliphatic carbocycles. The van der Waals surface area contributed by atoms with Crippen molar-refractivity contribution in [3.63, 3.8) is 0 Å². The van der Waals surface area contributed by atoms with Crippen molar-refractivity contribution in [2.24, 2.45) is 0 Å². The van der Waals surface area contributed by atoms with Crippen LogP contribution in [0.3, 0.4) is 0 Å². The van der Waals surface area contributed by atoms with Gasteiger partial charge in [0.15, 0.2) is 0 Å². The largest absolute Gasteiger partial charge is 0.357 e. The number of rotatable bonds is 11. The lowest BCUT2D eigenvalue weighted by molar-refractivity contribution is -0.140. The highest BCUT2D eigenvalue weighted by atomic mass is 32.2. The summed E-state index contributed by atoms with van der Waals surface area (Å²) < 4.78 is 29.2. The van der Waals surface area contributed by atoms with Gasteiger partial charge in [0.2, 0.25) is 11.8 Å². The van der Waals surface area contributed by atoms with Gasteiger partial charge < -0.3 is 10.2 Å². The number of hydrogen-bond acceptors (Lipinski definition) is 4. The van der Waals surface area contributed by atoms with E-state index in [-0.39, 0.29) is 17.3 Å². The zero-order valence-corrected chi connectivity index (χ0v) is 23.6. The number of nitrogens with one attached hydrogen (secondary N) is 1. The summed E-state index contributed by atoms with van der Waals surface area (Å²) >= 11 is 0. The molecule has 0 aliphatic heterocycles. The van der Waals surface area contributed by atoms with Crippen LogP contribution in [0.15, 0.2) is 77.7 Å². The number of sulfonamides is 1. The smallest absolute Gasteiger partial charge is 0.264 e. The van der Waals surface area contributed by atoms with Crippen LogP contribution >= 0.6 is 0 Å². The molecular formula is C30H37N3O4S. The first-order chi connectivity index (χ1) is 18.1. The van der Waals surface area contributed by atoms with E-state index in [1.807, 2.05) is 64.1 Å². The second-order valence-corrected chi connectivity index (χ2v) is 11.2. The number of para-hydroxylation sites is 1. The Morgan fingerprint density at radius 3 is 2.05 bits per heavy atom. The van der Waals surface area contributed by atoms with Crippen LogP contribution in [0.5, 0.6) is 0 Å². The lowest BCUT2D eigenvalue weighted by atomic mass is 10.1. The summed E-state index contributed by atoms with van der Waals surface area (Å²) in [7, 11) is -2.55. The third-order valence-corrected chi connectivity index (χ3v) is 8.54. The highest BCUT2D eigenvalue weighted by Gasteiger charge is 2.34. The molecule has 1 N–H and O–H groups in total. The summed E-state index contributed by atoms with van der Waals surface area (Å²) in [5, 5.41) is 2.65. The number of anilines is 1. The van der Waals surface area contributed by atoms with Gasteiger partial charge in [0.05, 0.1) is 10.6 Å². The molecule has 0 saturated carbocycles. The Kier molecular flexibility index (Phi) is 9.69. The third kappa shape index (κ3) is 6.42. The van der Waals surface area contributed by atoms with Crippen LogP contribution in [-0.4, -0.2) is 44.8 Å². The lowest BCUT2D eigenvalue weighted by Crippen LogP contribution is -2.52. The first kappa shape index (κ1) is 28.9. The molecule has 1 unspecified atom stereocenters. The molecule has 7 nitrogen and oxygen atoms in total. The van der Waals surface area contributed by atoms with Crippen molar-refractivity contribution >= 4 is 27.5 Å². The minimum absolute atomic E-state index is 0.102. The minimum atomic E-state index is -4.09. The molecule has 0 aliphatic rings. The van der Waals surface area contributed by atoms with Gasteiger partial charge in [-0.2, -0.15) is 0 Å². The zero-order valence-electron chi connectivity index (χ0n) is 22.8. The van der Waals surface area contributed by atoms with Crippen molar-refractivity contribution in [1.29, 1.82) is 0 Å². The summed E-state index contributed by atoms with van der Waals surface area (Å²) in [5.74, 6) is -0.748. The van der Waals surface area contributed by atoms with E-state index < -0.39 is 28.5 Å². The van der Waals surface area contributed by atoms with Crippen molar-refractivity contribution < 1.29 is 18.0 Å². The fourth-order valence-corrected chi connectivity index (χ4v) is 5.91. The van der Waals surface area contributed by atoms with Gasteiger partial charge in [-0.1, -0.05) is 74.0 Å². The molecule has 38 heavy (non-hydrogen) atoms. The average Bonchev–Trinajstić information content (AvgIpc) is 2.92. The van der Waals surface area contributed by atoms with Gasteiger partial charge in [0.1, 0.15) is 12.6 Å². The Balaban J connectivity index is 2.11. The molecule has 0 bridgehead atoms. The first-order valence-electron chi connectivity index (χ1n) is 12.9. The van der Waals surface area contributed by atoms with Crippen LogP contribution in [0, 0.1) is 13.8 Å². The maximum atomic E-state index is 14.0. The normalized spacial score (nSPS) is 12.0. The molecule has 3 aromatic carbocycles. The fraction of sp³-hybridized carbons (Fsp3) is 0.333. The predicted octanol–water partition coefficient (Wildman–Crippen LogP) is 4.61. The average molecular weight is 536 g/mol. The number of nitrogens with zero attached hydrogens (tertiary/aromatic N) is 2. The van der Waals surface area contributed by atoms with Gasteiger partial charge in [-0.15, -0.1) is 0 Å². The van der Waals surface area contributed by atoms with E-state index >= 15 is 0 Å². The predicted molar refractivity (Wildman–Crippen MR) is 151 cm³/mol. The van der Waals surface area contributed by atoms with E-state index in [1.54, 1.807) is 36.4 Å². The maximum absolute atomic E-state index is 14.0. The van der Waals surface area contributed by atoms with E-state index in [2.05, 4.69) is 5.32 Å². The molecule has 202 valence electrons. The van der Waals surface area contributed by atoms with Crippen LogP contribution in [0.25, 0.3) is 0 Å². The topological polar surface area (TPSA) is 86.8 Å². The number of hydrogen-bond donors (Lipinski definition) is 1. The molecule has 0 aromatic heterocycles. The first-order valence-corrected chi connectivity index (χ1v) is 14.3. The van der Waals surface area contributed by atoms with E-state index in [0.29, 0.717) is 18.5 Å². The monoisotopic (exact) mass is 535 g/mol. The van der Waals surface area contributed by atoms with Gasteiger partial charge >= 0.3 is 0 Å². The van der Waals surface area contributed by atoms with Crippen molar-refractivity contribution in [2.45, 2.75) is 58.0 Å². The SMILES string of the molecule is CCc1ccccc1N(CC(=O)N(Cc1ccccc1C)C(CC)C(=O)NC)S(=O)(=O)c1ccc(C)cc1. The summed E-state index contributed by atoms with van der Waals surface area (Å²) in [6.07, 6.45) is 0.973. The molecule has 2 amide bonds. The zero-order chi connectivity index (χ0) is 27.9. The summed E-state index contributed by atoms with van der Waals surface area (Å²) in [6, 6.07) is 20.7. The van der Waals surface area contributed by atoms with Gasteiger partial charge in [0.25, 0.3) is 10.0 Å². The van der Waals surface area contributed by atoms with Crippen molar-refractivity contribution in [3.8, 4) is 0 Å². The second-order valence-electron chi connectivity index (χ2n) is 9.29. The van der Waals surface area contributed by atoms with E-state index in [1.165, 1.54) is 16.3 Å². The number of carbonyl (C=O) groups is 2. The quantitative estimate of drug-likeness (QED) is 0.388. The minimum Gasteiger partial charge on any atom is -0.357 e. The Bertz CT molecular complexity index is 1370. The molecule has 8 heteroatoms. The van der Waals surface area contributed by atoms with Crippen LogP contribution in [0.4, 0.5) is 5.69 Å². The number of likely N-dealkylation sites (N-methyl/N-ethyl adjacent to an activating group) is 1. The second kappa shape index (κ2) is 12.7. The number of carbonyl (C=O) groups excluding carboxylic acids is 2. The molecular weight excluding hydrogens is 498 g/mol. The Labute approximate surface area is 226 Å². The standard InChI is InChI=1S/C30H37N3O4S/c1-6-24-13-10-11-15-28(24)33(38(36,37)26-18-16-22(3)17-19-26)21-29(34)32(27(7-2)30(35)31-5)20-25-14-9-8-12-23(25)4/h8-19,27H,6-7,20-21H2,1-5H3,(H,31,35). The van der Waals surface area contributed by atoms with Gasteiger partial charge in [-0.25, -0.2) is 8.42 Å². The molecule has 0 saturated heterocycles. The van der Waals surface area contributed by atoms with Crippen LogP contribution < -0.4 is 9.62 Å². The summed E-state index contributed by atoms with van der Waals surface area (Å²) in [5.41, 5.74) is 4.07. The Morgan fingerprint density at radius 1 is 0.868 bits per heavy atom. The van der Waals surface area contributed by atoms with Gasteiger partial charge in [0, 0.05) is 13.6 Å². The molecule has 0 spiro atoms. The van der Waals surface area contributed by atoms with E-state index in [4.69, 9.17) is 0 Å². The number of benzene rings is 3. The fourth-order valence-electron chi connectivity index (χ4n) is 4.46. The van der Waals surface area contributed by atoms with E-state index in [0.717, 1.165) is 22.3 Å². The van der Waals surface area contributed by atoms with Crippen molar-refractivity contribution in [3.05, 3.63) is 95.1 Å². The summed E-state index contributed by atoms with van der Waals surface area (Å²) in [6.45, 7) is 7.37. The molecule has 3 rings (SSSR count).